The quantitative estimate of drug-likeness (QED) is 0.793. The number of nitrogens with zero attached hydrogens (tertiary/aromatic N) is 1. The molecule has 118 valence electrons. The molecule has 5 nitrogen and oxygen atoms in total. The number of rotatable bonds is 7. The third-order valence-corrected chi connectivity index (χ3v) is 5.47. The molecule has 0 spiro atoms. The van der Waals surface area contributed by atoms with Gasteiger partial charge in [0.05, 0.1) is 4.90 Å². The highest BCUT2D eigenvalue weighted by atomic mass is 32.2. The zero-order valence-electron chi connectivity index (χ0n) is 12.8. The van der Waals surface area contributed by atoms with Crippen molar-refractivity contribution in [1.82, 2.24) is 14.9 Å². The van der Waals surface area contributed by atoms with E-state index in [9.17, 15) is 8.42 Å². The zero-order chi connectivity index (χ0) is 15.3. The minimum Gasteiger partial charge on any atom is -0.316 e. The molecule has 0 radical (unpaired) electrons. The Kier molecular flexibility index (Phi) is 5.75. The maximum atomic E-state index is 12.3. The number of hydrogen-bond acceptors (Lipinski definition) is 4. The van der Waals surface area contributed by atoms with E-state index in [2.05, 4.69) is 21.9 Å². The van der Waals surface area contributed by atoms with Gasteiger partial charge in [0.2, 0.25) is 10.0 Å². The molecule has 1 aliphatic heterocycles. The van der Waals surface area contributed by atoms with E-state index in [4.69, 9.17) is 0 Å². The smallest absolute Gasteiger partial charge is 0.240 e. The molecular weight excluding hydrogens is 286 g/mol. The lowest BCUT2D eigenvalue weighted by atomic mass is 10.2. The molecule has 0 aromatic heterocycles. The highest BCUT2D eigenvalue weighted by molar-refractivity contribution is 7.89. The van der Waals surface area contributed by atoms with Crippen LogP contribution in [0.2, 0.25) is 0 Å². The van der Waals surface area contributed by atoms with Crippen molar-refractivity contribution >= 4 is 10.0 Å². The van der Waals surface area contributed by atoms with Crippen molar-refractivity contribution in [1.29, 1.82) is 0 Å². The van der Waals surface area contributed by atoms with Gasteiger partial charge in [-0.25, -0.2) is 13.1 Å². The van der Waals surface area contributed by atoms with Gasteiger partial charge < -0.3 is 5.32 Å². The summed E-state index contributed by atoms with van der Waals surface area (Å²) >= 11 is 0. The molecule has 6 heteroatoms. The fourth-order valence-electron chi connectivity index (χ4n) is 2.82. The molecule has 1 saturated heterocycles. The van der Waals surface area contributed by atoms with Crippen LogP contribution in [0.5, 0.6) is 0 Å². The second-order valence-electron chi connectivity index (χ2n) is 5.45. The molecule has 1 fully saturated rings. The lowest BCUT2D eigenvalue weighted by Gasteiger charge is -2.22. The van der Waals surface area contributed by atoms with Gasteiger partial charge in [0.25, 0.3) is 0 Å². The first kappa shape index (κ1) is 16.4. The van der Waals surface area contributed by atoms with Gasteiger partial charge in [-0.15, -0.1) is 0 Å². The largest absolute Gasteiger partial charge is 0.316 e. The van der Waals surface area contributed by atoms with Gasteiger partial charge in [-0.1, -0.05) is 19.1 Å². The number of nitrogens with one attached hydrogen (secondary N) is 2. The Bertz CT molecular complexity index is 543. The molecular formula is C15H25N3O2S. The Balaban J connectivity index is 1.97. The Morgan fingerprint density at radius 1 is 1.29 bits per heavy atom. The Morgan fingerprint density at radius 2 is 2.00 bits per heavy atom. The van der Waals surface area contributed by atoms with Gasteiger partial charge in [0.1, 0.15) is 0 Å². The number of benzene rings is 1. The van der Waals surface area contributed by atoms with Crippen LogP contribution in [0.25, 0.3) is 0 Å². The van der Waals surface area contributed by atoms with Gasteiger partial charge >= 0.3 is 0 Å². The van der Waals surface area contributed by atoms with Crippen LogP contribution in [-0.4, -0.2) is 46.0 Å². The summed E-state index contributed by atoms with van der Waals surface area (Å²) in [6.45, 7) is 5.40. The second kappa shape index (κ2) is 7.35. The predicted molar refractivity (Wildman–Crippen MR) is 84.7 cm³/mol. The Morgan fingerprint density at radius 3 is 2.62 bits per heavy atom. The zero-order valence-corrected chi connectivity index (χ0v) is 13.6. The summed E-state index contributed by atoms with van der Waals surface area (Å²) in [5, 5.41) is 3.05. The van der Waals surface area contributed by atoms with E-state index in [0.717, 1.165) is 38.0 Å². The van der Waals surface area contributed by atoms with Crippen LogP contribution in [-0.2, 0) is 16.6 Å². The summed E-state index contributed by atoms with van der Waals surface area (Å²) in [6.07, 6.45) is 2.22. The van der Waals surface area contributed by atoms with Gasteiger partial charge in [-0.05, 0) is 50.7 Å². The first-order valence-electron chi connectivity index (χ1n) is 7.54. The van der Waals surface area contributed by atoms with Crippen molar-refractivity contribution in [3.05, 3.63) is 29.8 Å². The normalized spacial score (nSPS) is 20.0. The van der Waals surface area contributed by atoms with Crippen molar-refractivity contribution < 1.29 is 8.42 Å². The molecule has 1 atom stereocenters. The third-order valence-electron chi connectivity index (χ3n) is 4.03. The molecule has 0 aliphatic carbocycles. The van der Waals surface area contributed by atoms with Crippen LogP contribution in [0.4, 0.5) is 0 Å². The van der Waals surface area contributed by atoms with Crippen molar-refractivity contribution in [3.8, 4) is 0 Å². The maximum absolute atomic E-state index is 12.3. The van der Waals surface area contributed by atoms with Crippen molar-refractivity contribution in [3.63, 3.8) is 0 Å². The monoisotopic (exact) mass is 311 g/mol. The van der Waals surface area contributed by atoms with E-state index in [-0.39, 0.29) is 0 Å². The van der Waals surface area contributed by atoms with E-state index >= 15 is 0 Å². The van der Waals surface area contributed by atoms with Gasteiger partial charge in [-0.3, -0.25) is 4.90 Å². The SMILES string of the molecule is CCN1CCCC1CNS(=O)(=O)c1ccc(CNC)cc1. The molecule has 2 rings (SSSR count). The molecule has 0 amide bonds. The fraction of sp³-hybridized carbons (Fsp3) is 0.600. The van der Waals surface area contributed by atoms with Crippen molar-refractivity contribution in [2.24, 2.45) is 0 Å². The average molecular weight is 311 g/mol. The molecule has 21 heavy (non-hydrogen) atoms. The van der Waals surface area contributed by atoms with Gasteiger partial charge in [0.15, 0.2) is 0 Å². The average Bonchev–Trinajstić information content (AvgIpc) is 2.94. The topological polar surface area (TPSA) is 61.4 Å². The van der Waals surface area contributed by atoms with E-state index < -0.39 is 10.0 Å². The highest BCUT2D eigenvalue weighted by Gasteiger charge is 2.24. The highest BCUT2D eigenvalue weighted by Crippen LogP contribution is 2.17. The van der Waals surface area contributed by atoms with Crippen LogP contribution < -0.4 is 10.0 Å². The molecule has 2 N–H and O–H groups in total. The summed E-state index contributed by atoms with van der Waals surface area (Å²) in [7, 11) is -1.54. The number of likely N-dealkylation sites (tertiary alicyclic amines) is 1. The van der Waals surface area contributed by atoms with Crippen LogP contribution in [0.1, 0.15) is 25.3 Å². The van der Waals surface area contributed by atoms with E-state index in [1.807, 2.05) is 19.2 Å². The summed E-state index contributed by atoms with van der Waals surface area (Å²) in [5.41, 5.74) is 1.07. The fourth-order valence-corrected chi connectivity index (χ4v) is 3.90. The minimum absolute atomic E-state index is 0.327. The molecule has 1 heterocycles. The molecule has 1 unspecified atom stereocenters. The summed E-state index contributed by atoms with van der Waals surface area (Å²) in [6, 6.07) is 7.36. The summed E-state index contributed by atoms with van der Waals surface area (Å²) in [4.78, 5) is 2.67. The van der Waals surface area contributed by atoms with Crippen LogP contribution in [0.15, 0.2) is 29.2 Å². The molecule has 1 aromatic carbocycles. The predicted octanol–water partition coefficient (Wildman–Crippen LogP) is 1.17. The minimum atomic E-state index is -3.41. The van der Waals surface area contributed by atoms with Crippen LogP contribution >= 0.6 is 0 Å². The van der Waals surface area contributed by atoms with E-state index in [1.165, 1.54) is 0 Å². The molecule has 0 saturated carbocycles. The Labute approximate surface area is 127 Å². The second-order valence-corrected chi connectivity index (χ2v) is 7.22. The van der Waals surface area contributed by atoms with Crippen molar-refractivity contribution in [2.45, 2.75) is 37.2 Å². The number of hydrogen-bond donors (Lipinski definition) is 2. The molecule has 1 aromatic rings. The number of likely N-dealkylation sites (N-methyl/N-ethyl adjacent to an activating group) is 1. The first-order chi connectivity index (χ1) is 10.1. The number of sulfonamides is 1. The third kappa shape index (κ3) is 4.26. The van der Waals surface area contributed by atoms with Crippen molar-refractivity contribution in [2.75, 3.05) is 26.7 Å². The van der Waals surface area contributed by atoms with E-state index in [1.54, 1.807) is 12.1 Å². The first-order valence-corrected chi connectivity index (χ1v) is 9.02. The molecule has 1 aliphatic rings. The lowest BCUT2D eigenvalue weighted by Crippen LogP contribution is -2.39. The summed E-state index contributed by atoms with van der Waals surface area (Å²) < 4.78 is 27.4. The molecule has 0 bridgehead atoms. The summed E-state index contributed by atoms with van der Waals surface area (Å²) in [5.74, 6) is 0. The maximum Gasteiger partial charge on any atom is 0.240 e. The standard InChI is InChI=1S/C15H25N3O2S/c1-3-18-10-4-5-14(18)12-17-21(19,20)15-8-6-13(7-9-15)11-16-2/h6-9,14,16-17H,3-5,10-12H2,1-2H3. The van der Waals surface area contributed by atoms with Gasteiger partial charge in [0, 0.05) is 19.1 Å². The van der Waals surface area contributed by atoms with Crippen LogP contribution in [0, 0.1) is 0 Å². The van der Waals surface area contributed by atoms with Gasteiger partial charge in [-0.2, -0.15) is 0 Å². The lowest BCUT2D eigenvalue weighted by molar-refractivity contribution is 0.268. The Hall–Kier alpha value is -0.950. The van der Waals surface area contributed by atoms with Crippen LogP contribution in [0.3, 0.4) is 0 Å². The van der Waals surface area contributed by atoms with E-state index in [0.29, 0.717) is 17.5 Å².